The molecular formula is C27H40N4O6. The minimum absolute atomic E-state index is 0.0180. The van der Waals surface area contributed by atoms with Crippen LogP contribution in [-0.4, -0.2) is 91.0 Å². The molecule has 1 saturated heterocycles. The third-order valence-electron chi connectivity index (χ3n) is 6.53. The van der Waals surface area contributed by atoms with Gasteiger partial charge in [-0.1, -0.05) is 26.0 Å². The highest BCUT2D eigenvalue weighted by Gasteiger charge is 2.33. The van der Waals surface area contributed by atoms with Gasteiger partial charge < -0.3 is 29.9 Å². The van der Waals surface area contributed by atoms with Gasteiger partial charge in [0.05, 0.1) is 24.3 Å². The van der Waals surface area contributed by atoms with E-state index in [1.165, 1.54) is 4.90 Å². The molecule has 10 heteroatoms. The second kappa shape index (κ2) is 12.9. The molecule has 0 aromatic heterocycles. The van der Waals surface area contributed by atoms with Gasteiger partial charge in [-0.05, 0) is 44.7 Å². The standard InChI is InChI=1S/C27H40N4O6/c1-17(2)14-22-26(34)30(5)12-13-36-23-9-7-6-8-20(23)25(33)29-21(10-11-24(32)28-22)27(35)31-15-18(3)37-19(4)16-31/h6-9,17-19,21-22H,10-16H2,1-5H3,(H,28,32)(H,29,33)/t18-,19+,21-,22-/m0/s1. The van der Waals surface area contributed by atoms with Gasteiger partial charge >= 0.3 is 0 Å². The number of amides is 4. The lowest BCUT2D eigenvalue weighted by Gasteiger charge is -2.37. The molecule has 2 N–H and O–H groups in total. The Balaban J connectivity index is 1.89. The van der Waals surface area contributed by atoms with Crippen molar-refractivity contribution in [3.05, 3.63) is 29.8 Å². The number of fused-ring (bicyclic) bond motifs is 1. The molecule has 3 rings (SSSR count). The van der Waals surface area contributed by atoms with Crippen LogP contribution < -0.4 is 15.4 Å². The molecule has 0 bridgehead atoms. The van der Waals surface area contributed by atoms with Crippen LogP contribution in [0.5, 0.6) is 5.75 Å². The van der Waals surface area contributed by atoms with E-state index in [9.17, 15) is 19.2 Å². The van der Waals surface area contributed by atoms with Crippen LogP contribution in [0, 0.1) is 5.92 Å². The van der Waals surface area contributed by atoms with Crippen molar-refractivity contribution in [3.63, 3.8) is 0 Å². The first-order chi connectivity index (χ1) is 17.5. The summed E-state index contributed by atoms with van der Waals surface area (Å²) in [7, 11) is 1.67. The van der Waals surface area contributed by atoms with E-state index >= 15 is 0 Å². The molecule has 204 valence electrons. The first-order valence-corrected chi connectivity index (χ1v) is 13.1. The van der Waals surface area contributed by atoms with Crippen LogP contribution in [0.4, 0.5) is 0 Å². The Kier molecular flexibility index (Phi) is 9.91. The molecule has 37 heavy (non-hydrogen) atoms. The van der Waals surface area contributed by atoms with Crippen LogP contribution in [0.3, 0.4) is 0 Å². The predicted octanol–water partition coefficient (Wildman–Crippen LogP) is 1.58. The first-order valence-electron chi connectivity index (χ1n) is 13.1. The van der Waals surface area contributed by atoms with Crippen LogP contribution in [0.1, 0.15) is 57.3 Å². The fourth-order valence-electron chi connectivity index (χ4n) is 4.76. The number of morpholine rings is 1. The maximum atomic E-state index is 13.5. The first kappa shape index (κ1) is 28.4. The van der Waals surface area contributed by atoms with Crippen LogP contribution in [0.25, 0.3) is 0 Å². The number of hydrogen-bond donors (Lipinski definition) is 2. The third-order valence-corrected chi connectivity index (χ3v) is 6.53. The molecule has 2 heterocycles. The molecule has 0 unspecified atom stereocenters. The number of carbonyl (C=O) groups is 4. The number of nitrogens with one attached hydrogen (secondary N) is 2. The van der Waals surface area contributed by atoms with Crippen molar-refractivity contribution in [2.75, 3.05) is 33.3 Å². The second-order valence-electron chi connectivity index (χ2n) is 10.4. The molecule has 0 radical (unpaired) electrons. The van der Waals surface area contributed by atoms with Crippen LogP contribution in [0.15, 0.2) is 24.3 Å². The van der Waals surface area contributed by atoms with Crippen LogP contribution in [0.2, 0.25) is 0 Å². The van der Waals surface area contributed by atoms with Crippen LogP contribution >= 0.6 is 0 Å². The monoisotopic (exact) mass is 516 g/mol. The SMILES string of the molecule is CC(C)C[C@@H]1NC(=O)CC[C@@H](C(=O)N2C[C@@H](C)O[C@@H](C)C2)NC(=O)c2ccccc2OCCN(C)C1=O. The number of rotatable bonds is 3. The van der Waals surface area contributed by atoms with Gasteiger partial charge in [-0.2, -0.15) is 0 Å². The van der Waals surface area contributed by atoms with Crippen molar-refractivity contribution in [2.24, 2.45) is 5.92 Å². The lowest BCUT2D eigenvalue weighted by atomic mass is 10.0. The van der Waals surface area contributed by atoms with E-state index in [2.05, 4.69) is 10.6 Å². The van der Waals surface area contributed by atoms with E-state index in [0.29, 0.717) is 25.3 Å². The smallest absolute Gasteiger partial charge is 0.255 e. The van der Waals surface area contributed by atoms with Crippen molar-refractivity contribution < 1.29 is 28.7 Å². The summed E-state index contributed by atoms with van der Waals surface area (Å²) in [4.78, 5) is 56.1. The lowest BCUT2D eigenvalue weighted by molar-refractivity contribution is -0.145. The maximum Gasteiger partial charge on any atom is 0.255 e. The van der Waals surface area contributed by atoms with E-state index in [4.69, 9.17) is 9.47 Å². The second-order valence-corrected chi connectivity index (χ2v) is 10.4. The number of nitrogens with zero attached hydrogens (tertiary/aromatic N) is 2. The average molecular weight is 517 g/mol. The van der Waals surface area contributed by atoms with E-state index in [1.807, 2.05) is 27.7 Å². The summed E-state index contributed by atoms with van der Waals surface area (Å²) < 4.78 is 11.6. The summed E-state index contributed by atoms with van der Waals surface area (Å²) in [6.07, 6.45) is 0.292. The number of carbonyl (C=O) groups excluding carboxylic acids is 4. The summed E-state index contributed by atoms with van der Waals surface area (Å²) in [6.45, 7) is 9.03. The topological polar surface area (TPSA) is 117 Å². The van der Waals surface area contributed by atoms with E-state index in [-0.39, 0.29) is 67.4 Å². The Morgan fingerprint density at radius 3 is 2.43 bits per heavy atom. The molecule has 4 amide bonds. The van der Waals surface area contributed by atoms with Gasteiger partial charge in [0.25, 0.3) is 5.91 Å². The highest BCUT2D eigenvalue weighted by Crippen LogP contribution is 2.20. The summed E-state index contributed by atoms with van der Waals surface area (Å²) in [5.41, 5.74) is 0.287. The fraction of sp³-hybridized carbons (Fsp3) is 0.630. The predicted molar refractivity (Wildman–Crippen MR) is 138 cm³/mol. The normalized spacial score (nSPS) is 26.4. The van der Waals surface area contributed by atoms with Gasteiger partial charge in [-0.15, -0.1) is 0 Å². The largest absolute Gasteiger partial charge is 0.491 e. The zero-order valence-corrected chi connectivity index (χ0v) is 22.5. The number of benzene rings is 1. The summed E-state index contributed by atoms with van der Waals surface area (Å²) >= 11 is 0. The Bertz CT molecular complexity index is 973. The van der Waals surface area contributed by atoms with Gasteiger partial charge in [-0.25, -0.2) is 0 Å². The lowest BCUT2D eigenvalue weighted by Crippen LogP contribution is -2.55. The number of ether oxygens (including phenoxy) is 2. The molecule has 1 aromatic carbocycles. The molecule has 2 aliphatic heterocycles. The molecule has 0 saturated carbocycles. The van der Waals surface area contributed by atoms with Crippen molar-refractivity contribution >= 4 is 23.6 Å². The quantitative estimate of drug-likeness (QED) is 0.630. The fourth-order valence-corrected chi connectivity index (χ4v) is 4.76. The summed E-state index contributed by atoms with van der Waals surface area (Å²) in [5, 5.41) is 5.69. The van der Waals surface area contributed by atoms with Gasteiger partial charge in [0, 0.05) is 26.6 Å². The van der Waals surface area contributed by atoms with Crippen molar-refractivity contribution in [1.29, 1.82) is 0 Å². The van der Waals surface area contributed by atoms with E-state index in [1.54, 1.807) is 36.2 Å². The molecule has 0 aliphatic carbocycles. The minimum Gasteiger partial charge on any atom is -0.491 e. The van der Waals surface area contributed by atoms with Crippen molar-refractivity contribution in [2.45, 2.75) is 71.2 Å². The summed E-state index contributed by atoms with van der Waals surface area (Å²) in [5.74, 6) is -0.710. The highest BCUT2D eigenvalue weighted by atomic mass is 16.5. The van der Waals surface area contributed by atoms with E-state index < -0.39 is 18.0 Å². The Morgan fingerprint density at radius 1 is 1.08 bits per heavy atom. The molecule has 10 nitrogen and oxygen atoms in total. The van der Waals surface area contributed by atoms with Gasteiger partial charge in [0.1, 0.15) is 24.4 Å². The van der Waals surface area contributed by atoms with Gasteiger partial charge in [-0.3, -0.25) is 19.2 Å². The Hall–Kier alpha value is -3.14. The zero-order chi connectivity index (χ0) is 27.1. The van der Waals surface area contributed by atoms with Gasteiger partial charge in [0.2, 0.25) is 17.7 Å². The third kappa shape index (κ3) is 7.92. The van der Waals surface area contributed by atoms with Crippen LogP contribution in [-0.2, 0) is 19.1 Å². The molecule has 1 fully saturated rings. The van der Waals surface area contributed by atoms with Gasteiger partial charge in [0.15, 0.2) is 0 Å². The average Bonchev–Trinajstić information content (AvgIpc) is 2.84. The highest BCUT2D eigenvalue weighted by molar-refractivity contribution is 6.00. The molecule has 1 aromatic rings. The maximum absolute atomic E-state index is 13.5. The van der Waals surface area contributed by atoms with E-state index in [0.717, 1.165) is 0 Å². The zero-order valence-electron chi connectivity index (χ0n) is 22.5. The molecule has 0 spiro atoms. The Labute approximate surface area is 219 Å². The van der Waals surface area contributed by atoms with Crippen molar-refractivity contribution in [1.82, 2.24) is 20.4 Å². The minimum atomic E-state index is -0.921. The molecule has 4 atom stereocenters. The number of likely N-dealkylation sites (N-methyl/N-ethyl adjacent to an activating group) is 1. The summed E-state index contributed by atoms with van der Waals surface area (Å²) in [6, 6.07) is 5.19. The molecular weight excluding hydrogens is 476 g/mol. The number of hydrogen-bond acceptors (Lipinski definition) is 6. The van der Waals surface area contributed by atoms with Crippen molar-refractivity contribution in [3.8, 4) is 5.75 Å². The Morgan fingerprint density at radius 2 is 1.76 bits per heavy atom. The molecule has 2 aliphatic rings. The number of para-hydroxylation sites is 1.